The van der Waals surface area contributed by atoms with Gasteiger partial charge in [0.15, 0.2) is 0 Å². The molecule has 1 aliphatic heterocycles. The van der Waals surface area contributed by atoms with Crippen molar-refractivity contribution >= 4 is 0 Å². The first kappa shape index (κ1) is 13.9. The maximum Gasteiger partial charge on any atom is 0.125 e. The third-order valence-electron chi connectivity index (χ3n) is 5.30. The molecule has 1 saturated carbocycles. The SMILES string of the molecule is Cc1ccc2c(c1)[C@H](O)CC1(CCC(C(C)C)CC1)O2. The van der Waals surface area contributed by atoms with Crippen molar-refractivity contribution in [2.24, 2.45) is 11.8 Å². The Morgan fingerprint density at radius 3 is 2.60 bits per heavy atom. The number of ether oxygens (including phenoxy) is 1. The second-order valence-corrected chi connectivity index (χ2v) is 7.13. The average Bonchev–Trinajstić information content (AvgIpc) is 2.40. The molecule has 2 nitrogen and oxygen atoms in total. The zero-order valence-corrected chi connectivity index (χ0v) is 12.9. The molecule has 2 aliphatic rings. The number of hydrogen-bond donors (Lipinski definition) is 1. The molecule has 1 fully saturated rings. The maximum absolute atomic E-state index is 10.5. The van der Waals surface area contributed by atoms with Crippen molar-refractivity contribution in [3.05, 3.63) is 29.3 Å². The molecule has 0 amide bonds. The predicted octanol–water partition coefficient (Wildman–Crippen LogP) is 4.40. The molecule has 1 aromatic carbocycles. The minimum Gasteiger partial charge on any atom is -0.487 e. The summed E-state index contributed by atoms with van der Waals surface area (Å²) in [6, 6.07) is 6.17. The van der Waals surface area contributed by atoms with Crippen LogP contribution in [-0.4, -0.2) is 10.7 Å². The summed E-state index contributed by atoms with van der Waals surface area (Å²) in [5.41, 5.74) is 2.04. The van der Waals surface area contributed by atoms with Crippen LogP contribution in [0.4, 0.5) is 0 Å². The summed E-state index contributed by atoms with van der Waals surface area (Å²) in [5, 5.41) is 10.5. The molecule has 110 valence electrons. The van der Waals surface area contributed by atoms with Crippen LogP contribution in [0.15, 0.2) is 18.2 Å². The molecule has 1 aromatic rings. The van der Waals surface area contributed by atoms with Crippen LogP contribution < -0.4 is 4.74 Å². The van der Waals surface area contributed by atoms with Gasteiger partial charge in [-0.25, -0.2) is 0 Å². The highest BCUT2D eigenvalue weighted by Crippen LogP contribution is 2.48. The van der Waals surface area contributed by atoms with Gasteiger partial charge in [-0.3, -0.25) is 0 Å². The van der Waals surface area contributed by atoms with E-state index in [0.29, 0.717) is 0 Å². The monoisotopic (exact) mass is 274 g/mol. The highest BCUT2D eigenvalue weighted by molar-refractivity contribution is 5.41. The number of aliphatic hydroxyl groups excluding tert-OH is 1. The van der Waals surface area contributed by atoms with Crippen molar-refractivity contribution in [3.63, 3.8) is 0 Å². The van der Waals surface area contributed by atoms with Gasteiger partial charge in [-0.15, -0.1) is 0 Å². The van der Waals surface area contributed by atoms with Crippen molar-refractivity contribution in [1.82, 2.24) is 0 Å². The van der Waals surface area contributed by atoms with Crippen LogP contribution in [0.1, 0.15) is 63.2 Å². The molecule has 3 rings (SSSR count). The third kappa shape index (κ3) is 2.46. The molecule has 0 bridgehead atoms. The van der Waals surface area contributed by atoms with Crippen LogP contribution in [0.5, 0.6) is 5.75 Å². The lowest BCUT2D eigenvalue weighted by Crippen LogP contribution is -2.44. The van der Waals surface area contributed by atoms with E-state index in [1.807, 2.05) is 6.07 Å². The molecular formula is C18H26O2. The van der Waals surface area contributed by atoms with Crippen LogP contribution in [0.2, 0.25) is 0 Å². The Balaban J connectivity index is 1.80. The fourth-order valence-electron chi connectivity index (χ4n) is 3.90. The van der Waals surface area contributed by atoms with Gasteiger partial charge in [-0.05, 0) is 56.6 Å². The molecule has 1 heterocycles. The van der Waals surface area contributed by atoms with Gasteiger partial charge in [0.2, 0.25) is 0 Å². The Morgan fingerprint density at radius 2 is 1.95 bits per heavy atom. The van der Waals surface area contributed by atoms with Crippen molar-refractivity contribution in [3.8, 4) is 5.75 Å². The van der Waals surface area contributed by atoms with Gasteiger partial charge >= 0.3 is 0 Å². The van der Waals surface area contributed by atoms with Crippen LogP contribution in [-0.2, 0) is 0 Å². The van der Waals surface area contributed by atoms with Crippen LogP contribution in [0.25, 0.3) is 0 Å². The molecule has 20 heavy (non-hydrogen) atoms. The van der Waals surface area contributed by atoms with Crippen LogP contribution >= 0.6 is 0 Å². The van der Waals surface area contributed by atoms with Gasteiger partial charge in [0.05, 0.1) is 6.10 Å². The molecule has 0 aromatic heterocycles. The zero-order valence-electron chi connectivity index (χ0n) is 12.9. The minimum absolute atomic E-state index is 0.118. The fraction of sp³-hybridized carbons (Fsp3) is 0.667. The summed E-state index contributed by atoms with van der Waals surface area (Å²) in [6.07, 6.45) is 5.01. The highest BCUT2D eigenvalue weighted by atomic mass is 16.5. The lowest BCUT2D eigenvalue weighted by molar-refractivity contribution is -0.0503. The minimum atomic E-state index is -0.366. The van der Waals surface area contributed by atoms with Crippen molar-refractivity contribution in [2.45, 2.75) is 64.6 Å². The summed E-state index contributed by atoms with van der Waals surface area (Å²) in [6.45, 7) is 6.69. The summed E-state index contributed by atoms with van der Waals surface area (Å²) < 4.78 is 6.35. The van der Waals surface area contributed by atoms with Crippen LogP contribution in [0, 0.1) is 18.8 Å². The van der Waals surface area contributed by atoms with Gasteiger partial charge in [-0.1, -0.05) is 25.5 Å². The Hall–Kier alpha value is -1.02. The quantitative estimate of drug-likeness (QED) is 0.822. The Labute approximate surface area is 122 Å². The molecule has 0 radical (unpaired) electrons. The van der Waals surface area contributed by atoms with E-state index in [4.69, 9.17) is 4.74 Å². The molecule has 0 saturated heterocycles. The first-order valence-electron chi connectivity index (χ1n) is 7.97. The van der Waals surface area contributed by atoms with E-state index in [0.717, 1.165) is 42.4 Å². The first-order valence-corrected chi connectivity index (χ1v) is 7.97. The van der Waals surface area contributed by atoms with Crippen LogP contribution in [0.3, 0.4) is 0 Å². The van der Waals surface area contributed by atoms with E-state index < -0.39 is 0 Å². The van der Waals surface area contributed by atoms with Crippen molar-refractivity contribution < 1.29 is 9.84 Å². The topological polar surface area (TPSA) is 29.5 Å². The Bertz CT molecular complexity index is 484. The number of fused-ring (bicyclic) bond motifs is 1. The smallest absolute Gasteiger partial charge is 0.125 e. The normalized spacial score (nSPS) is 33.0. The summed E-state index contributed by atoms with van der Waals surface area (Å²) in [7, 11) is 0. The molecule has 2 heteroatoms. The van der Waals surface area contributed by atoms with E-state index >= 15 is 0 Å². The van der Waals surface area contributed by atoms with Gasteiger partial charge in [0, 0.05) is 12.0 Å². The fourth-order valence-corrected chi connectivity index (χ4v) is 3.90. The summed E-state index contributed by atoms with van der Waals surface area (Å²) in [4.78, 5) is 0. The number of benzene rings is 1. The van der Waals surface area contributed by atoms with E-state index in [-0.39, 0.29) is 11.7 Å². The van der Waals surface area contributed by atoms with E-state index in [9.17, 15) is 5.11 Å². The molecular weight excluding hydrogens is 248 g/mol. The lowest BCUT2D eigenvalue weighted by atomic mass is 9.71. The van der Waals surface area contributed by atoms with Crippen molar-refractivity contribution in [1.29, 1.82) is 0 Å². The molecule has 1 spiro atoms. The number of rotatable bonds is 1. The highest BCUT2D eigenvalue weighted by Gasteiger charge is 2.43. The summed E-state index contributed by atoms with van der Waals surface area (Å²) >= 11 is 0. The molecule has 1 N–H and O–H groups in total. The summed E-state index contributed by atoms with van der Waals surface area (Å²) in [5.74, 6) is 2.48. The number of aryl methyl sites for hydroxylation is 1. The second-order valence-electron chi connectivity index (χ2n) is 7.13. The zero-order chi connectivity index (χ0) is 14.3. The molecule has 0 unspecified atom stereocenters. The Morgan fingerprint density at radius 1 is 1.25 bits per heavy atom. The van der Waals surface area contributed by atoms with Crippen molar-refractivity contribution in [2.75, 3.05) is 0 Å². The van der Waals surface area contributed by atoms with E-state index in [1.54, 1.807) is 0 Å². The lowest BCUT2D eigenvalue weighted by Gasteiger charge is -2.45. The van der Waals surface area contributed by atoms with Gasteiger partial charge in [-0.2, -0.15) is 0 Å². The third-order valence-corrected chi connectivity index (χ3v) is 5.30. The second kappa shape index (κ2) is 5.07. The molecule has 1 atom stereocenters. The standard InChI is InChI=1S/C18H26O2/c1-12(2)14-6-8-18(9-7-14)11-16(19)15-10-13(3)4-5-17(15)20-18/h4-5,10,12,14,16,19H,6-9,11H2,1-3H3/t14?,16-,18?/m1/s1. The van der Waals surface area contributed by atoms with E-state index in [1.165, 1.54) is 18.4 Å². The maximum atomic E-state index is 10.5. The van der Waals surface area contributed by atoms with Gasteiger partial charge in [0.25, 0.3) is 0 Å². The number of aliphatic hydroxyl groups is 1. The van der Waals surface area contributed by atoms with Gasteiger partial charge in [0.1, 0.15) is 11.4 Å². The predicted molar refractivity (Wildman–Crippen MR) is 80.9 cm³/mol. The van der Waals surface area contributed by atoms with E-state index in [2.05, 4.69) is 32.9 Å². The number of hydrogen-bond acceptors (Lipinski definition) is 2. The molecule has 1 aliphatic carbocycles. The Kier molecular flexibility index (Phi) is 3.53. The van der Waals surface area contributed by atoms with Gasteiger partial charge < -0.3 is 9.84 Å². The first-order chi connectivity index (χ1) is 9.49. The average molecular weight is 274 g/mol. The largest absolute Gasteiger partial charge is 0.487 e.